The maximum Gasteiger partial charge on any atom is 0.261 e. The SMILES string of the molecule is C#C/C(=C\N(C(=C)c1ccc(CC)cc1)[C@H]1CC[C@H]2CC[C@H]21)C(=O)NC.C=CC.CO.[HH].[Y]. The summed E-state index contributed by atoms with van der Waals surface area (Å²) in [6, 6.07) is 8.89. The molecule has 173 valence electrons. The fourth-order valence-electron chi connectivity index (χ4n) is 4.29. The quantitative estimate of drug-likeness (QED) is 0.319. The minimum absolute atomic E-state index is 0. The molecule has 0 heterocycles. The van der Waals surface area contributed by atoms with Crippen molar-refractivity contribution in [1.82, 2.24) is 10.2 Å². The van der Waals surface area contributed by atoms with Crippen LogP contribution in [-0.4, -0.2) is 36.1 Å². The summed E-state index contributed by atoms with van der Waals surface area (Å²) < 4.78 is 0. The van der Waals surface area contributed by atoms with Gasteiger partial charge >= 0.3 is 0 Å². The summed E-state index contributed by atoms with van der Waals surface area (Å²) in [6.07, 6.45) is 15.2. The van der Waals surface area contributed by atoms with Crippen molar-refractivity contribution < 1.29 is 44.0 Å². The van der Waals surface area contributed by atoms with Crippen molar-refractivity contribution in [2.45, 2.75) is 52.0 Å². The molecule has 0 bridgehead atoms. The smallest absolute Gasteiger partial charge is 0.261 e. The number of carbonyl (C=O) groups excluding carboxylic acids is 1. The molecular weight excluding hydrogens is 473 g/mol. The van der Waals surface area contributed by atoms with Crippen LogP contribution < -0.4 is 5.32 Å². The first-order valence-electron chi connectivity index (χ1n) is 11.0. The van der Waals surface area contributed by atoms with E-state index in [0.29, 0.717) is 17.5 Å². The van der Waals surface area contributed by atoms with Gasteiger partial charge in [-0.25, -0.2) is 0 Å². The van der Waals surface area contributed by atoms with Crippen molar-refractivity contribution >= 4 is 11.6 Å². The second kappa shape index (κ2) is 16.0. The van der Waals surface area contributed by atoms with Crippen molar-refractivity contribution in [3.8, 4) is 12.3 Å². The van der Waals surface area contributed by atoms with Gasteiger partial charge in [-0.2, -0.15) is 0 Å². The predicted molar refractivity (Wildman–Crippen MR) is 133 cm³/mol. The fourth-order valence-corrected chi connectivity index (χ4v) is 4.29. The summed E-state index contributed by atoms with van der Waals surface area (Å²) in [4.78, 5) is 14.3. The molecule has 2 aliphatic carbocycles. The Kier molecular flexibility index (Phi) is 15.2. The molecule has 2 saturated carbocycles. The van der Waals surface area contributed by atoms with Crippen molar-refractivity contribution in [3.05, 3.63) is 66.4 Å². The Morgan fingerprint density at radius 1 is 1.28 bits per heavy atom. The Balaban J connectivity index is 0. The van der Waals surface area contributed by atoms with Crippen molar-refractivity contribution in [1.29, 1.82) is 0 Å². The van der Waals surface area contributed by atoms with E-state index in [9.17, 15) is 4.79 Å². The van der Waals surface area contributed by atoms with Crippen LogP contribution in [0.4, 0.5) is 0 Å². The van der Waals surface area contributed by atoms with E-state index in [-0.39, 0.29) is 40.0 Å². The molecule has 0 saturated heterocycles. The van der Waals surface area contributed by atoms with Gasteiger partial charge in [-0.15, -0.1) is 13.0 Å². The van der Waals surface area contributed by atoms with Crippen LogP contribution in [0.1, 0.15) is 52.1 Å². The number of rotatable bonds is 6. The summed E-state index contributed by atoms with van der Waals surface area (Å²) in [5, 5.41) is 9.63. The molecule has 3 rings (SSSR count). The number of benzene rings is 1. The first-order chi connectivity index (χ1) is 15.0. The van der Waals surface area contributed by atoms with Gasteiger partial charge in [-0.1, -0.05) is 49.8 Å². The zero-order chi connectivity index (χ0) is 23.4. The molecule has 0 unspecified atom stereocenters. The van der Waals surface area contributed by atoms with Gasteiger partial charge in [0.1, 0.15) is 5.57 Å². The minimum Gasteiger partial charge on any atom is -0.400 e. The van der Waals surface area contributed by atoms with Crippen molar-refractivity contribution in [3.63, 3.8) is 0 Å². The molecule has 2 N–H and O–H groups in total. The van der Waals surface area contributed by atoms with E-state index in [4.69, 9.17) is 11.5 Å². The summed E-state index contributed by atoms with van der Waals surface area (Å²) in [7, 11) is 2.60. The van der Waals surface area contributed by atoms with Crippen molar-refractivity contribution in [2.24, 2.45) is 11.8 Å². The van der Waals surface area contributed by atoms with E-state index in [1.54, 1.807) is 13.1 Å². The Morgan fingerprint density at radius 3 is 2.25 bits per heavy atom. The maximum atomic E-state index is 12.1. The van der Waals surface area contributed by atoms with E-state index < -0.39 is 0 Å². The number of aliphatic hydroxyl groups excluding tert-OH is 1. The summed E-state index contributed by atoms with van der Waals surface area (Å²) in [5.41, 5.74) is 3.65. The number of fused-ring (bicyclic) bond motifs is 1. The molecule has 1 radical (unpaired) electrons. The number of nitrogens with zero attached hydrogens (tertiary/aromatic N) is 1. The van der Waals surface area contributed by atoms with E-state index >= 15 is 0 Å². The van der Waals surface area contributed by atoms with Crippen LogP contribution in [0.25, 0.3) is 5.70 Å². The molecule has 1 aromatic rings. The standard InChI is InChI=1S/C23H28N2O.C3H6.CH4O.Y.H2/c1-5-17-7-9-19(10-8-17)16(3)25(15-18(6-2)23(26)24-4)22-14-12-20-11-13-21(20)22;1-3-2;1-2;;/h2,7-10,15,20-22H,3,5,11-14H2,1,4H3,(H,24,26);3H,1H2,2H3;2H,1H3;;1H/b18-15+;;;;/t20-,21-,22+;;;;/m1..../s1. The van der Waals surface area contributed by atoms with E-state index in [1.165, 1.54) is 24.8 Å². The zero-order valence-electron chi connectivity index (χ0n) is 20.1. The zero-order valence-corrected chi connectivity index (χ0v) is 22.9. The largest absolute Gasteiger partial charge is 0.400 e. The number of aryl methyl sites for hydroxylation is 1. The second-order valence-corrected chi connectivity index (χ2v) is 7.72. The Bertz CT molecular complexity index is 814. The molecule has 5 heteroatoms. The molecule has 0 aliphatic heterocycles. The number of hydrogen-bond acceptors (Lipinski definition) is 3. The summed E-state index contributed by atoms with van der Waals surface area (Å²) in [5.74, 6) is 3.82. The van der Waals surface area contributed by atoms with Crippen LogP contribution in [0.5, 0.6) is 0 Å². The van der Waals surface area contributed by atoms with Crippen molar-refractivity contribution in [2.75, 3.05) is 14.2 Å². The molecule has 2 aliphatic rings. The number of terminal acetylenes is 1. The molecule has 0 aromatic heterocycles. The van der Waals surface area contributed by atoms with Gasteiger partial charge in [0.05, 0.1) is 0 Å². The third-order valence-electron chi connectivity index (χ3n) is 6.06. The van der Waals surface area contributed by atoms with Crippen LogP contribution in [0.3, 0.4) is 0 Å². The maximum absolute atomic E-state index is 12.1. The first kappa shape index (κ1) is 30.3. The molecule has 1 aromatic carbocycles. The normalized spacial score (nSPS) is 20.2. The van der Waals surface area contributed by atoms with Crippen LogP contribution in [0.2, 0.25) is 0 Å². The molecular formula is C27H40N2O2Y. The van der Waals surface area contributed by atoms with Gasteiger partial charge in [0.25, 0.3) is 5.91 Å². The predicted octanol–water partition coefficient (Wildman–Crippen LogP) is 5.02. The van der Waals surface area contributed by atoms with E-state index in [0.717, 1.165) is 37.1 Å². The Morgan fingerprint density at radius 2 is 1.84 bits per heavy atom. The second-order valence-electron chi connectivity index (χ2n) is 7.72. The van der Waals surface area contributed by atoms with Crippen LogP contribution in [0, 0.1) is 24.2 Å². The van der Waals surface area contributed by atoms with Gasteiger partial charge in [0, 0.05) is 66.2 Å². The molecule has 32 heavy (non-hydrogen) atoms. The van der Waals surface area contributed by atoms with Gasteiger partial charge in [0.15, 0.2) is 0 Å². The Hall–Kier alpha value is -1.67. The average Bonchev–Trinajstić information content (AvgIpc) is 3.08. The van der Waals surface area contributed by atoms with Crippen LogP contribution in [-0.2, 0) is 43.9 Å². The minimum atomic E-state index is -0.227. The molecule has 3 atom stereocenters. The third kappa shape index (κ3) is 7.73. The first-order valence-corrected chi connectivity index (χ1v) is 11.0. The fraction of sp³-hybridized carbons (Fsp3) is 0.444. The number of hydrogen-bond donors (Lipinski definition) is 2. The number of carbonyl (C=O) groups is 1. The molecule has 2 fully saturated rings. The Labute approximate surface area is 221 Å². The molecule has 0 spiro atoms. The van der Waals surface area contributed by atoms with Gasteiger partial charge in [0.2, 0.25) is 0 Å². The van der Waals surface area contributed by atoms with E-state index in [2.05, 4.69) is 60.5 Å². The summed E-state index contributed by atoms with van der Waals surface area (Å²) in [6.45, 7) is 11.8. The summed E-state index contributed by atoms with van der Waals surface area (Å²) >= 11 is 0. The number of nitrogens with one attached hydrogen (secondary N) is 1. The number of amides is 1. The van der Waals surface area contributed by atoms with E-state index in [1.807, 2.05) is 13.1 Å². The monoisotopic (exact) mass is 513 g/mol. The number of aliphatic hydroxyl groups is 1. The average molecular weight is 514 g/mol. The number of likely N-dealkylation sites (N-methyl/N-ethyl adjacent to an activating group) is 1. The van der Waals surface area contributed by atoms with Crippen LogP contribution >= 0.6 is 0 Å². The van der Waals surface area contributed by atoms with Gasteiger partial charge in [-0.05, 0) is 62.0 Å². The third-order valence-corrected chi connectivity index (χ3v) is 6.06. The van der Waals surface area contributed by atoms with Gasteiger partial charge in [-0.3, -0.25) is 4.79 Å². The molecule has 1 amide bonds. The topological polar surface area (TPSA) is 52.6 Å². The molecule has 4 nitrogen and oxygen atoms in total. The van der Waals surface area contributed by atoms with Gasteiger partial charge < -0.3 is 15.3 Å². The van der Waals surface area contributed by atoms with Crippen LogP contribution in [0.15, 0.2) is 55.3 Å². The number of allylic oxidation sites excluding steroid dienone is 1.